The number of anilines is 1. The second-order valence-electron chi connectivity index (χ2n) is 9.97. The minimum atomic E-state index is -0.636. The van der Waals surface area contributed by atoms with Gasteiger partial charge in [-0.1, -0.05) is 49.0 Å². The third-order valence-corrected chi connectivity index (χ3v) is 8.37. The number of hydrogen-bond donors (Lipinski definition) is 1. The molecule has 2 saturated heterocycles. The summed E-state index contributed by atoms with van der Waals surface area (Å²) in [6, 6.07) is 5.67. The number of fused-ring (bicyclic) bond motifs is 1. The smallest absolute Gasteiger partial charge is 0.271 e. The van der Waals surface area contributed by atoms with E-state index < -0.39 is 5.91 Å². The number of primary amides is 1. The molecule has 200 valence electrons. The molecule has 3 aromatic rings. The SMILES string of the molecule is CCC1CN(c2cnc3c(C(N)=O)nn(C(C)c4ccc(Cl)cc4Cl)c3n2)CCC1N1CCCCC1.Cl. The van der Waals surface area contributed by atoms with E-state index in [-0.39, 0.29) is 24.1 Å². The van der Waals surface area contributed by atoms with Gasteiger partial charge in [0.05, 0.1) is 12.2 Å². The maximum Gasteiger partial charge on any atom is 0.271 e. The number of amides is 1. The van der Waals surface area contributed by atoms with Crippen molar-refractivity contribution in [1.29, 1.82) is 0 Å². The standard InChI is InChI=1S/C26H33Cl2N7O.ClH/c1-3-17-15-34(12-9-21(17)33-10-5-4-6-11-33)22-14-30-24-23(25(29)36)32-35(26(24)31-22)16(2)19-8-7-18(27)13-20(19)28;/h7-8,13-14,16-17,21H,3-6,9-12,15H2,1-2H3,(H2,29,36);1H. The van der Waals surface area contributed by atoms with Gasteiger partial charge in [0.2, 0.25) is 0 Å². The summed E-state index contributed by atoms with van der Waals surface area (Å²) in [6.45, 7) is 8.53. The van der Waals surface area contributed by atoms with Gasteiger partial charge in [-0.05, 0) is 62.9 Å². The largest absolute Gasteiger partial charge is 0.364 e. The predicted octanol–water partition coefficient (Wildman–Crippen LogP) is 5.35. The van der Waals surface area contributed by atoms with Gasteiger partial charge in [-0.15, -0.1) is 12.4 Å². The molecule has 2 aromatic heterocycles. The predicted molar refractivity (Wildman–Crippen MR) is 151 cm³/mol. The number of benzene rings is 1. The van der Waals surface area contributed by atoms with E-state index in [1.54, 1.807) is 23.0 Å². The van der Waals surface area contributed by atoms with Crippen LogP contribution in [-0.4, -0.2) is 62.8 Å². The van der Waals surface area contributed by atoms with Gasteiger partial charge in [0.25, 0.3) is 5.91 Å². The second-order valence-corrected chi connectivity index (χ2v) is 10.8. The lowest BCUT2D eigenvalue weighted by Crippen LogP contribution is -2.52. The molecule has 1 aromatic carbocycles. The first-order chi connectivity index (χ1) is 17.4. The molecule has 3 atom stereocenters. The second kappa shape index (κ2) is 11.7. The Morgan fingerprint density at radius 2 is 1.95 bits per heavy atom. The van der Waals surface area contributed by atoms with Crippen LogP contribution in [0.25, 0.3) is 11.2 Å². The van der Waals surface area contributed by atoms with E-state index in [2.05, 4.69) is 26.8 Å². The van der Waals surface area contributed by atoms with Crippen molar-refractivity contribution in [3.8, 4) is 0 Å². The molecule has 0 aliphatic carbocycles. The molecule has 0 spiro atoms. The Bertz CT molecular complexity index is 1260. The van der Waals surface area contributed by atoms with Gasteiger partial charge in [0.15, 0.2) is 11.3 Å². The summed E-state index contributed by atoms with van der Waals surface area (Å²) < 4.78 is 1.69. The van der Waals surface area contributed by atoms with Crippen molar-refractivity contribution in [1.82, 2.24) is 24.6 Å². The van der Waals surface area contributed by atoms with Crippen molar-refractivity contribution in [3.63, 3.8) is 0 Å². The molecule has 2 fully saturated rings. The topological polar surface area (TPSA) is 93.2 Å². The van der Waals surface area contributed by atoms with E-state index in [1.165, 1.54) is 32.4 Å². The molecule has 0 radical (unpaired) electrons. The summed E-state index contributed by atoms with van der Waals surface area (Å²) in [6.07, 6.45) is 7.95. The van der Waals surface area contributed by atoms with Gasteiger partial charge >= 0.3 is 0 Å². The lowest BCUT2D eigenvalue weighted by atomic mass is 9.87. The normalized spacial score (nSPS) is 21.6. The number of likely N-dealkylation sites (tertiary alicyclic amines) is 1. The molecule has 37 heavy (non-hydrogen) atoms. The average Bonchev–Trinajstić information content (AvgIpc) is 3.28. The fourth-order valence-electron chi connectivity index (χ4n) is 5.82. The quantitative estimate of drug-likeness (QED) is 0.432. The molecule has 11 heteroatoms. The zero-order valence-corrected chi connectivity index (χ0v) is 23.6. The van der Waals surface area contributed by atoms with Gasteiger partial charge in [0, 0.05) is 29.2 Å². The van der Waals surface area contributed by atoms with Gasteiger partial charge in [-0.3, -0.25) is 9.69 Å². The third kappa shape index (κ3) is 5.53. The van der Waals surface area contributed by atoms with Crippen LogP contribution in [0.1, 0.15) is 68.0 Å². The number of halogens is 3. The Labute approximate surface area is 233 Å². The van der Waals surface area contributed by atoms with Crippen molar-refractivity contribution in [2.75, 3.05) is 31.1 Å². The molecular weight excluding hydrogens is 533 g/mol. The Morgan fingerprint density at radius 3 is 2.62 bits per heavy atom. The average molecular weight is 567 g/mol. The summed E-state index contributed by atoms with van der Waals surface area (Å²) in [5.74, 6) is 0.737. The molecule has 4 heterocycles. The highest BCUT2D eigenvalue weighted by molar-refractivity contribution is 6.35. The molecule has 2 aliphatic heterocycles. The first-order valence-corrected chi connectivity index (χ1v) is 13.6. The fourth-order valence-corrected chi connectivity index (χ4v) is 6.39. The van der Waals surface area contributed by atoms with Crippen molar-refractivity contribution in [2.45, 2.75) is 58.0 Å². The van der Waals surface area contributed by atoms with Crippen molar-refractivity contribution < 1.29 is 4.79 Å². The Hall–Kier alpha value is -2.13. The number of aromatic nitrogens is 4. The van der Waals surface area contributed by atoms with Gasteiger partial charge < -0.3 is 10.6 Å². The Kier molecular flexibility index (Phi) is 8.84. The lowest BCUT2D eigenvalue weighted by Gasteiger charge is -2.45. The van der Waals surface area contributed by atoms with Crippen LogP contribution in [0.3, 0.4) is 0 Å². The zero-order valence-electron chi connectivity index (χ0n) is 21.2. The molecule has 5 rings (SSSR count). The highest BCUT2D eigenvalue weighted by atomic mass is 35.5. The van der Waals surface area contributed by atoms with E-state index in [0.29, 0.717) is 33.2 Å². The Balaban J connectivity index is 0.00000320. The van der Waals surface area contributed by atoms with Crippen molar-refractivity contribution in [3.05, 3.63) is 45.7 Å². The third-order valence-electron chi connectivity index (χ3n) is 7.81. The van der Waals surface area contributed by atoms with Gasteiger partial charge in [-0.25, -0.2) is 14.6 Å². The van der Waals surface area contributed by atoms with Crippen LogP contribution in [0.5, 0.6) is 0 Å². The molecule has 0 bridgehead atoms. The zero-order chi connectivity index (χ0) is 25.4. The molecule has 3 unspecified atom stereocenters. The minimum absolute atomic E-state index is 0. The Morgan fingerprint density at radius 1 is 1.19 bits per heavy atom. The summed E-state index contributed by atoms with van der Waals surface area (Å²) >= 11 is 12.6. The number of nitrogens with two attached hydrogens (primary N) is 1. The number of carbonyl (C=O) groups is 1. The number of carbonyl (C=O) groups excluding carboxylic acids is 1. The van der Waals surface area contributed by atoms with Gasteiger partial charge in [0.1, 0.15) is 11.3 Å². The minimum Gasteiger partial charge on any atom is -0.364 e. The molecule has 8 nitrogen and oxygen atoms in total. The molecule has 0 saturated carbocycles. The van der Waals surface area contributed by atoms with E-state index in [9.17, 15) is 4.79 Å². The fraction of sp³-hybridized carbons (Fsp3) is 0.538. The van der Waals surface area contributed by atoms with Crippen molar-refractivity contribution >= 4 is 58.5 Å². The summed E-state index contributed by atoms with van der Waals surface area (Å²) in [5, 5.41) is 5.60. The number of piperidine rings is 2. The molecule has 1 amide bonds. The highest BCUT2D eigenvalue weighted by Crippen LogP contribution is 2.33. The first-order valence-electron chi connectivity index (χ1n) is 12.9. The van der Waals surface area contributed by atoms with Crippen LogP contribution < -0.4 is 10.6 Å². The van der Waals surface area contributed by atoms with Crippen molar-refractivity contribution in [2.24, 2.45) is 11.7 Å². The highest BCUT2D eigenvalue weighted by Gasteiger charge is 2.34. The number of hydrogen-bond acceptors (Lipinski definition) is 6. The van der Waals surface area contributed by atoms with E-state index in [4.69, 9.17) is 33.9 Å². The van der Waals surface area contributed by atoms with Crippen LogP contribution in [0, 0.1) is 5.92 Å². The summed E-state index contributed by atoms with van der Waals surface area (Å²) in [5.41, 5.74) is 7.49. The summed E-state index contributed by atoms with van der Waals surface area (Å²) in [4.78, 5) is 26.8. The van der Waals surface area contributed by atoms with E-state index in [0.717, 1.165) is 37.3 Å². The van der Waals surface area contributed by atoms with Crippen LogP contribution in [0.15, 0.2) is 24.4 Å². The maximum atomic E-state index is 12.2. The number of nitrogens with zero attached hydrogens (tertiary/aromatic N) is 6. The molecule has 2 N–H and O–H groups in total. The maximum absolute atomic E-state index is 12.2. The van der Waals surface area contributed by atoms with Crippen LogP contribution >= 0.6 is 35.6 Å². The van der Waals surface area contributed by atoms with Crippen LogP contribution in [0.4, 0.5) is 5.82 Å². The number of rotatable bonds is 6. The molecular formula is C26H34Cl3N7O. The molecule has 2 aliphatic rings. The lowest BCUT2D eigenvalue weighted by molar-refractivity contribution is 0.0974. The van der Waals surface area contributed by atoms with E-state index >= 15 is 0 Å². The summed E-state index contributed by atoms with van der Waals surface area (Å²) in [7, 11) is 0. The first kappa shape index (κ1) is 27.9. The van der Waals surface area contributed by atoms with E-state index in [1.807, 2.05) is 13.0 Å². The van der Waals surface area contributed by atoms with Gasteiger partial charge in [-0.2, -0.15) is 5.10 Å². The monoisotopic (exact) mass is 565 g/mol. The van der Waals surface area contributed by atoms with Crippen LogP contribution in [-0.2, 0) is 0 Å². The van der Waals surface area contributed by atoms with Crippen LogP contribution in [0.2, 0.25) is 10.0 Å².